The zero-order chi connectivity index (χ0) is 12.6. The van der Waals surface area contributed by atoms with Crippen molar-refractivity contribution < 1.29 is 42.8 Å². The van der Waals surface area contributed by atoms with Gasteiger partial charge in [-0.15, -0.1) is 0 Å². The summed E-state index contributed by atoms with van der Waals surface area (Å²) in [5.41, 5.74) is 0. The van der Waals surface area contributed by atoms with E-state index in [2.05, 4.69) is 56.4 Å². The first kappa shape index (κ1) is 24.4. The minimum atomic E-state index is -1.08. The van der Waals surface area contributed by atoms with Gasteiger partial charge in [-0.2, -0.15) is 0 Å². The Morgan fingerprint density at radius 2 is 0.800 bits per heavy atom. The topological polar surface area (TPSA) is 40.1 Å². The molecule has 0 N–H and O–H groups in total. The van der Waals surface area contributed by atoms with Crippen LogP contribution in [0.2, 0.25) is 0 Å². The van der Waals surface area contributed by atoms with Crippen molar-refractivity contribution in [2.24, 2.45) is 0 Å². The summed E-state index contributed by atoms with van der Waals surface area (Å²) in [6.07, 6.45) is 0. The van der Waals surface area contributed by atoms with Crippen LogP contribution in [-0.2, 0) is 4.79 Å². The van der Waals surface area contributed by atoms with E-state index < -0.39 is 5.97 Å². The Morgan fingerprint density at radius 3 is 0.800 bits per heavy atom. The second kappa shape index (κ2) is 10.6. The lowest BCUT2D eigenvalue weighted by molar-refractivity contribution is -0.849. The van der Waals surface area contributed by atoms with Gasteiger partial charge >= 0.3 is 0 Å². The molecule has 0 amide bonds. The van der Waals surface area contributed by atoms with E-state index in [0.717, 1.165) is 15.9 Å². The molecular formula is C10H27IN2O2. The molecule has 0 radical (unpaired) electrons. The minimum Gasteiger partial charge on any atom is -1.00 e. The summed E-state index contributed by atoms with van der Waals surface area (Å²) in [6.45, 7) is 0.972. The summed E-state index contributed by atoms with van der Waals surface area (Å²) < 4.78 is 2.00. The maximum Gasteiger partial charge on any atom is 0.0675 e. The maximum atomic E-state index is 8.89. The number of hydrogen-bond donors (Lipinski definition) is 0. The molecule has 0 aromatic rings. The molecule has 0 fully saturated rings. The quantitative estimate of drug-likeness (QED) is 0.339. The molecule has 0 saturated heterocycles. The van der Waals surface area contributed by atoms with Gasteiger partial charge in [0.25, 0.3) is 0 Å². The Morgan fingerprint density at radius 1 is 0.800 bits per heavy atom. The smallest absolute Gasteiger partial charge is 0.0675 e. The molecule has 4 nitrogen and oxygen atoms in total. The van der Waals surface area contributed by atoms with E-state index in [9.17, 15) is 0 Å². The number of aliphatic carboxylic acids is 1. The van der Waals surface area contributed by atoms with E-state index in [1.807, 2.05) is 0 Å². The largest absolute Gasteiger partial charge is 1.00 e. The van der Waals surface area contributed by atoms with Gasteiger partial charge in [0.05, 0.1) is 56.4 Å². The van der Waals surface area contributed by atoms with Gasteiger partial charge in [0.1, 0.15) is 0 Å². The van der Waals surface area contributed by atoms with E-state index in [4.69, 9.17) is 9.90 Å². The summed E-state index contributed by atoms with van der Waals surface area (Å²) in [7, 11) is 17.0. The molecule has 0 atom stereocenters. The molecular weight excluding hydrogens is 307 g/mol. The lowest BCUT2D eigenvalue weighted by Gasteiger charge is -2.14. The molecule has 0 aliphatic rings. The van der Waals surface area contributed by atoms with Gasteiger partial charge in [0, 0.05) is 5.97 Å². The highest BCUT2D eigenvalue weighted by Crippen LogP contribution is 1.74. The average molecular weight is 334 g/mol. The van der Waals surface area contributed by atoms with Crippen LogP contribution in [0.15, 0.2) is 0 Å². The molecule has 5 heteroatoms. The predicted molar refractivity (Wildman–Crippen MR) is 58.6 cm³/mol. The van der Waals surface area contributed by atoms with Crippen LogP contribution in [0.1, 0.15) is 6.92 Å². The van der Waals surface area contributed by atoms with Crippen LogP contribution in [0, 0.1) is 0 Å². The van der Waals surface area contributed by atoms with Crippen molar-refractivity contribution in [1.29, 1.82) is 0 Å². The van der Waals surface area contributed by atoms with Crippen LogP contribution in [0.5, 0.6) is 0 Å². The molecule has 0 spiro atoms. The maximum absolute atomic E-state index is 8.89. The van der Waals surface area contributed by atoms with Crippen molar-refractivity contribution in [2.45, 2.75) is 6.92 Å². The molecule has 0 unspecified atom stereocenters. The third-order valence-corrected chi connectivity index (χ3v) is 0. The van der Waals surface area contributed by atoms with Gasteiger partial charge in [0.15, 0.2) is 0 Å². The number of carboxylic acids is 1. The van der Waals surface area contributed by atoms with E-state index >= 15 is 0 Å². The van der Waals surface area contributed by atoms with Gasteiger partial charge in [-0.3, -0.25) is 0 Å². The molecule has 96 valence electrons. The molecule has 0 aliphatic heterocycles. The predicted octanol–water partition coefficient (Wildman–Crippen LogP) is -3.59. The Hall–Kier alpha value is 0.120. The summed E-state index contributed by atoms with van der Waals surface area (Å²) in [6, 6.07) is 0. The van der Waals surface area contributed by atoms with E-state index in [-0.39, 0.29) is 24.0 Å². The van der Waals surface area contributed by atoms with E-state index in [0.29, 0.717) is 0 Å². The van der Waals surface area contributed by atoms with Crippen LogP contribution < -0.4 is 29.1 Å². The van der Waals surface area contributed by atoms with E-state index in [1.54, 1.807) is 0 Å². The van der Waals surface area contributed by atoms with Crippen LogP contribution in [0.25, 0.3) is 0 Å². The van der Waals surface area contributed by atoms with Gasteiger partial charge in [-0.05, 0) is 6.92 Å². The number of nitrogens with zero attached hydrogens (tertiary/aromatic N) is 2. The molecule has 0 saturated carbocycles. The SMILES string of the molecule is CC(=O)[O-].C[N+](C)(C)C.C[N+](C)(C)C.[I-]. The van der Waals surface area contributed by atoms with Gasteiger partial charge < -0.3 is 42.8 Å². The standard InChI is InChI=1S/2C4H12N.C2H4O2.HI/c2*1-5(2,3)4;1-2(3)4;/h2*1-4H3;1H3,(H,3,4);1H/q2*+1;;/p-2. The second-order valence-electron chi connectivity index (χ2n) is 5.86. The monoisotopic (exact) mass is 334 g/mol. The van der Waals surface area contributed by atoms with Crippen LogP contribution >= 0.6 is 0 Å². The van der Waals surface area contributed by atoms with Gasteiger partial charge in [-0.1, -0.05) is 0 Å². The van der Waals surface area contributed by atoms with Crippen molar-refractivity contribution in [3.63, 3.8) is 0 Å². The molecule has 0 rings (SSSR count). The van der Waals surface area contributed by atoms with Crippen molar-refractivity contribution in [3.05, 3.63) is 0 Å². The first-order valence-corrected chi connectivity index (χ1v) is 4.49. The van der Waals surface area contributed by atoms with Crippen LogP contribution in [-0.4, -0.2) is 71.3 Å². The second-order valence-corrected chi connectivity index (χ2v) is 5.86. The van der Waals surface area contributed by atoms with Crippen LogP contribution in [0.3, 0.4) is 0 Å². The third-order valence-electron chi connectivity index (χ3n) is 0. The molecule has 15 heavy (non-hydrogen) atoms. The fraction of sp³-hybridized carbons (Fsp3) is 0.900. The Kier molecular flexibility index (Phi) is 17.3. The average Bonchev–Trinajstić information content (AvgIpc) is 1.45. The van der Waals surface area contributed by atoms with Crippen molar-refractivity contribution >= 4 is 5.97 Å². The third kappa shape index (κ3) is 144000. The highest BCUT2D eigenvalue weighted by atomic mass is 127. The molecule has 0 aliphatic carbocycles. The summed E-state index contributed by atoms with van der Waals surface area (Å²) in [5, 5.41) is 8.89. The van der Waals surface area contributed by atoms with Crippen molar-refractivity contribution in [3.8, 4) is 0 Å². The number of quaternary nitrogens is 2. The highest BCUT2D eigenvalue weighted by molar-refractivity contribution is 5.60. The van der Waals surface area contributed by atoms with Crippen molar-refractivity contribution in [2.75, 3.05) is 56.4 Å². The van der Waals surface area contributed by atoms with Crippen molar-refractivity contribution in [1.82, 2.24) is 0 Å². The summed E-state index contributed by atoms with van der Waals surface area (Å²) in [5.74, 6) is -1.08. The first-order chi connectivity index (χ1) is 5.73. The summed E-state index contributed by atoms with van der Waals surface area (Å²) in [4.78, 5) is 8.89. The van der Waals surface area contributed by atoms with Gasteiger partial charge in [0.2, 0.25) is 0 Å². The zero-order valence-electron chi connectivity index (χ0n) is 11.6. The lowest BCUT2D eigenvalue weighted by atomic mass is 10.8. The number of hydrogen-bond acceptors (Lipinski definition) is 2. The van der Waals surface area contributed by atoms with E-state index in [1.165, 1.54) is 0 Å². The number of carbonyl (C=O) groups excluding carboxylic acids is 1. The Balaban J connectivity index is -0.0000000590. The fourth-order valence-electron chi connectivity index (χ4n) is 0. The fourth-order valence-corrected chi connectivity index (χ4v) is 0. The highest BCUT2D eigenvalue weighted by Gasteiger charge is 1.88. The molecule has 0 aromatic carbocycles. The molecule has 0 heterocycles. The normalized spacial score (nSPS) is 9.67. The Bertz CT molecular complexity index is 120. The Labute approximate surface area is 112 Å². The van der Waals surface area contributed by atoms with Gasteiger partial charge in [-0.25, -0.2) is 0 Å². The number of carbonyl (C=O) groups is 1. The lowest BCUT2D eigenvalue weighted by Crippen LogP contribution is -3.00. The first-order valence-electron chi connectivity index (χ1n) is 4.49. The molecule has 0 aromatic heterocycles. The zero-order valence-corrected chi connectivity index (χ0v) is 13.7. The minimum absolute atomic E-state index is 0. The number of carboxylic acid groups (broad SMARTS) is 1. The number of halogens is 1. The van der Waals surface area contributed by atoms with Crippen LogP contribution in [0.4, 0.5) is 0 Å². The number of rotatable bonds is 0. The molecule has 0 bridgehead atoms. The summed E-state index contributed by atoms with van der Waals surface area (Å²) >= 11 is 0.